The zero-order chi connectivity index (χ0) is 21.8. The van der Waals surface area contributed by atoms with E-state index in [-0.39, 0.29) is 11.7 Å². The summed E-state index contributed by atoms with van der Waals surface area (Å²) in [5.74, 6) is 1.97. The first-order valence-corrected chi connectivity index (χ1v) is 9.63. The van der Waals surface area contributed by atoms with Crippen molar-refractivity contribution in [3.63, 3.8) is 0 Å². The van der Waals surface area contributed by atoms with Gasteiger partial charge in [-0.1, -0.05) is 17.7 Å². The highest BCUT2D eigenvalue weighted by Crippen LogP contribution is 2.39. The van der Waals surface area contributed by atoms with Crippen molar-refractivity contribution in [1.29, 1.82) is 0 Å². The van der Waals surface area contributed by atoms with Gasteiger partial charge in [-0.25, -0.2) is 0 Å². The van der Waals surface area contributed by atoms with Gasteiger partial charge in [-0.2, -0.15) is 0 Å². The summed E-state index contributed by atoms with van der Waals surface area (Å²) in [7, 11) is 4.58. The third-order valence-electron chi connectivity index (χ3n) is 5.03. The molecule has 1 amide bonds. The monoisotopic (exact) mass is 409 g/mol. The van der Waals surface area contributed by atoms with Crippen LogP contribution in [0.25, 0.3) is 0 Å². The smallest absolute Gasteiger partial charge is 0.291 e. The van der Waals surface area contributed by atoms with Gasteiger partial charge in [0.05, 0.1) is 21.3 Å². The number of anilines is 1. The summed E-state index contributed by atoms with van der Waals surface area (Å²) >= 11 is 0. The van der Waals surface area contributed by atoms with Crippen LogP contribution in [0.1, 0.15) is 38.6 Å². The highest BCUT2D eigenvalue weighted by Gasteiger charge is 2.19. The minimum atomic E-state index is -0.389. The van der Waals surface area contributed by atoms with Crippen LogP contribution in [-0.4, -0.2) is 27.2 Å². The van der Waals surface area contributed by atoms with E-state index in [0.717, 1.165) is 5.76 Å². The lowest BCUT2D eigenvalue weighted by Gasteiger charge is -2.15. The van der Waals surface area contributed by atoms with E-state index >= 15 is 0 Å². The van der Waals surface area contributed by atoms with Gasteiger partial charge in [-0.15, -0.1) is 0 Å². The van der Waals surface area contributed by atoms with Gasteiger partial charge < -0.3 is 23.9 Å². The van der Waals surface area contributed by atoms with Gasteiger partial charge in [-0.05, 0) is 49.6 Å². The Morgan fingerprint density at radius 1 is 0.900 bits per heavy atom. The maximum Gasteiger partial charge on any atom is 0.291 e. The molecule has 1 N–H and O–H groups in total. The summed E-state index contributed by atoms with van der Waals surface area (Å²) in [4.78, 5) is 12.8. The fourth-order valence-electron chi connectivity index (χ4n) is 3.56. The van der Waals surface area contributed by atoms with Crippen molar-refractivity contribution in [2.75, 3.05) is 26.6 Å². The summed E-state index contributed by atoms with van der Waals surface area (Å²) in [6, 6.07) is 11.2. The van der Waals surface area contributed by atoms with Gasteiger partial charge in [0, 0.05) is 18.6 Å². The fourth-order valence-corrected chi connectivity index (χ4v) is 3.56. The number of rotatable bonds is 7. The lowest BCUT2D eigenvalue weighted by Crippen LogP contribution is -2.13. The Hall–Kier alpha value is -3.41. The number of benzene rings is 2. The van der Waals surface area contributed by atoms with Gasteiger partial charge in [0.2, 0.25) is 0 Å². The number of ether oxygens (including phenoxy) is 3. The molecule has 158 valence electrons. The molecule has 0 radical (unpaired) electrons. The molecule has 1 heterocycles. The molecule has 0 aliphatic carbocycles. The molecule has 3 rings (SSSR count). The number of amides is 1. The topological polar surface area (TPSA) is 69.9 Å². The molecule has 0 unspecified atom stereocenters. The van der Waals surface area contributed by atoms with E-state index in [0.29, 0.717) is 29.4 Å². The van der Waals surface area contributed by atoms with Crippen LogP contribution in [0.2, 0.25) is 0 Å². The number of hydrogen-bond acceptors (Lipinski definition) is 5. The predicted octanol–water partition coefficient (Wildman–Crippen LogP) is 5.07. The molecule has 6 nitrogen and oxygen atoms in total. The maximum absolute atomic E-state index is 12.8. The first kappa shape index (κ1) is 21.3. The molecule has 0 saturated heterocycles. The summed E-state index contributed by atoms with van der Waals surface area (Å²) in [5, 5.41) is 2.82. The molecule has 3 aromatic rings. The van der Waals surface area contributed by atoms with Crippen LogP contribution in [0.4, 0.5) is 5.69 Å². The average molecular weight is 409 g/mol. The van der Waals surface area contributed by atoms with Crippen LogP contribution in [0.5, 0.6) is 17.2 Å². The van der Waals surface area contributed by atoms with Crippen molar-refractivity contribution >= 4 is 11.6 Å². The number of aryl methyl sites for hydroxylation is 3. The van der Waals surface area contributed by atoms with E-state index in [1.54, 1.807) is 25.3 Å². The van der Waals surface area contributed by atoms with Crippen LogP contribution in [0, 0.1) is 20.8 Å². The second-order valence-corrected chi connectivity index (χ2v) is 7.18. The van der Waals surface area contributed by atoms with Gasteiger partial charge in [-0.3, -0.25) is 4.79 Å². The zero-order valence-electron chi connectivity index (χ0n) is 18.2. The lowest BCUT2D eigenvalue weighted by molar-refractivity contribution is 0.0994. The quantitative estimate of drug-likeness (QED) is 0.590. The Morgan fingerprint density at radius 3 is 2.03 bits per heavy atom. The first-order chi connectivity index (χ1) is 14.4. The largest absolute Gasteiger partial charge is 0.496 e. The van der Waals surface area contributed by atoms with Crippen molar-refractivity contribution in [2.24, 2.45) is 0 Å². The molecule has 0 saturated carbocycles. The number of hydrogen-bond donors (Lipinski definition) is 1. The first-order valence-electron chi connectivity index (χ1n) is 9.63. The van der Waals surface area contributed by atoms with E-state index in [1.807, 2.05) is 6.07 Å². The molecule has 0 aliphatic heterocycles. The highest BCUT2D eigenvalue weighted by molar-refractivity contribution is 6.04. The average Bonchev–Trinajstić information content (AvgIpc) is 3.19. The van der Waals surface area contributed by atoms with Crippen LogP contribution in [0.15, 0.2) is 40.8 Å². The lowest BCUT2D eigenvalue weighted by atomic mass is 9.97. The van der Waals surface area contributed by atoms with Gasteiger partial charge in [0.25, 0.3) is 5.91 Å². The molecule has 2 aromatic carbocycles. The van der Waals surface area contributed by atoms with E-state index in [9.17, 15) is 4.79 Å². The number of carbonyl (C=O) groups is 1. The van der Waals surface area contributed by atoms with Crippen molar-refractivity contribution in [3.8, 4) is 17.2 Å². The van der Waals surface area contributed by atoms with Crippen LogP contribution in [-0.2, 0) is 6.42 Å². The molecule has 0 fully saturated rings. The Labute approximate surface area is 176 Å². The molecule has 0 bridgehead atoms. The highest BCUT2D eigenvalue weighted by atomic mass is 16.5. The van der Waals surface area contributed by atoms with Crippen LogP contribution < -0.4 is 19.5 Å². The summed E-state index contributed by atoms with van der Waals surface area (Å²) in [5.41, 5.74) is 5.27. The summed E-state index contributed by atoms with van der Waals surface area (Å²) < 4.78 is 21.8. The third kappa shape index (κ3) is 4.43. The second kappa shape index (κ2) is 8.95. The minimum Gasteiger partial charge on any atom is -0.496 e. The number of methoxy groups -OCH3 is 3. The molecular formula is C24H27NO5. The summed E-state index contributed by atoms with van der Waals surface area (Å²) in [6.07, 6.45) is 0.625. The Bertz CT molecular complexity index is 1020. The Balaban J connectivity index is 1.83. The third-order valence-corrected chi connectivity index (χ3v) is 5.03. The molecule has 6 heteroatoms. The predicted molar refractivity (Wildman–Crippen MR) is 116 cm³/mol. The Morgan fingerprint density at radius 2 is 1.50 bits per heavy atom. The zero-order valence-corrected chi connectivity index (χ0v) is 18.2. The maximum atomic E-state index is 12.8. The van der Waals surface area contributed by atoms with E-state index in [2.05, 4.69) is 38.2 Å². The second-order valence-electron chi connectivity index (χ2n) is 7.18. The molecule has 0 atom stereocenters. The van der Waals surface area contributed by atoms with Crippen molar-refractivity contribution in [2.45, 2.75) is 27.2 Å². The van der Waals surface area contributed by atoms with E-state index < -0.39 is 0 Å². The van der Waals surface area contributed by atoms with E-state index in [1.165, 1.54) is 36.5 Å². The molecule has 0 spiro atoms. The van der Waals surface area contributed by atoms with E-state index in [4.69, 9.17) is 18.6 Å². The molecule has 0 aliphatic rings. The van der Waals surface area contributed by atoms with Gasteiger partial charge in [0.15, 0.2) is 5.76 Å². The summed E-state index contributed by atoms with van der Waals surface area (Å²) in [6.45, 7) is 6.27. The van der Waals surface area contributed by atoms with Gasteiger partial charge in [0.1, 0.15) is 28.7 Å². The normalized spacial score (nSPS) is 10.6. The number of furan rings is 1. The van der Waals surface area contributed by atoms with Crippen LogP contribution >= 0.6 is 0 Å². The van der Waals surface area contributed by atoms with Gasteiger partial charge >= 0.3 is 0 Å². The number of carbonyl (C=O) groups excluding carboxylic acids is 1. The van der Waals surface area contributed by atoms with Crippen molar-refractivity contribution in [3.05, 3.63) is 70.2 Å². The van der Waals surface area contributed by atoms with Crippen LogP contribution in [0.3, 0.4) is 0 Å². The standard InChI is InChI=1S/C24H27NO5/c1-14-9-15(2)19(16(3)10-14)11-17-7-8-20(30-17)24(26)25-23-21(28-5)12-18(27-4)13-22(23)29-6/h7-10,12-13H,11H2,1-6H3,(H,25,26). The fraction of sp³-hybridized carbons (Fsp3) is 0.292. The molecular weight excluding hydrogens is 382 g/mol. The number of nitrogens with one attached hydrogen (secondary N) is 1. The van der Waals surface area contributed by atoms with Crippen molar-refractivity contribution in [1.82, 2.24) is 0 Å². The van der Waals surface area contributed by atoms with Crippen molar-refractivity contribution < 1.29 is 23.4 Å². The SMILES string of the molecule is COc1cc(OC)c(NC(=O)c2ccc(Cc3c(C)cc(C)cc3C)o2)c(OC)c1. The molecule has 1 aromatic heterocycles. The molecule has 30 heavy (non-hydrogen) atoms. The minimum absolute atomic E-state index is 0.215. The Kier molecular flexibility index (Phi) is 6.35.